The second kappa shape index (κ2) is 7.41. The van der Waals surface area contributed by atoms with Crippen LogP contribution in [0.1, 0.15) is 20.8 Å². The van der Waals surface area contributed by atoms with Crippen LogP contribution in [-0.2, 0) is 9.59 Å². The normalized spacial score (nSPS) is 10.1. The minimum atomic E-state index is -0.180. The summed E-state index contributed by atoms with van der Waals surface area (Å²) in [5.41, 5.74) is 0.562. The molecule has 0 aliphatic carbocycles. The first kappa shape index (κ1) is 15.0. The van der Waals surface area contributed by atoms with Crippen molar-refractivity contribution in [2.75, 3.05) is 18.5 Å². The van der Waals surface area contributed by atoms with Gasteiger partial charge in [-0.15, -0.1) is 0 Å². The molecule has 5 heteroatoms. The highest BCUT2D eigenvalue weighted by Gasteiger charge is 2.07. The second-order valence-electron chi connectivity index (χ2n) is 4.66. The molecule has 0 fully saturated rings. The molecule has 0 unspecified atom stereocenters. The molecule has 0 saturated carbocycles. The average molecular weight is 264 g/mol. The third kappa shape index (κ3) is 5.90. The minimum Gasteiger partial charge on any atom is -0.482 e. The summed E-state index contributed by atoms with van der Waals surface area (Å²) in [5.74, 6) is 0.527. The number of hydrogen-bond donors (Lipinski definition) is 2. The molecule has 1 aromatic rings. The molecular weight excluding hydrogens is 244 g/mol. The predicted molar refractivity (Wildman–Crippen MR) is 74.1 cm³/mol. The Kier molecular flexibility index (Phi) is 5.85. The van der Waals surface area contributed by atoms with E-state index in [2.05, 4.69) is 10.6 Å². The van der Waals surface area contributed by atoms with Gasteiger partial charge in [-0.05, 0) is 18.1 Å². The number of ether oxygens (including phenoxy) is 1. The summed E-state index contributed by atoms with van der Waals surface area (Å²) in [4.78, 5) is 22.6. The fraction of sp³-hybridized carbons (Fsp3) is 0.429. The maximum Gasteiger partial charge on any atom is 0.257 e. The lowest BCUT2D eigenvalue weighted by Crippen LogP contribution is -2.31. The van der Waals surface area contributed by atoms with Crippen molar-refractivity contribution in [3.8, 4) is 5.75 Å². The summed E-state index contributed by atoms with van der Waals surface area (Å²) in [7, 11) is 0. The average Bonchev–Trinajstić information content (AvgIpc) is 2.34. The van der Waals surface area contributed by atoms with Crippen LogP contribution in [0.2, 0.25) is 0 Å². The zero-order valence-electron chi connectivity index (χ0n) is 11.5. The van der Waals surface area contributed by atoms with Gasteiger partial charge in [0.1, 0.15) is 5.75 Å². The number of para-hydroxylation sites is 2. The van der Waals surface area contributed by atoms with E-state index in [1.807, 2.05) is 13.8 Å². The van der Waals surface area contributed by atoms with Gasteiger partial charge in [-0.2, -0.15) is 0 Å². The number of nitrogens with one attached hydrogen (secondary N) is 2. The van der Waals surface area contributed by atoms with Gasteiger partial charge in [-0.25, -0.2) is 0 Å². The number of carbonyl (C=O) groups is 2. The summed E-state index contributed by atoms with van der Waals surface area (Å²) in [6.45, 7) is 6.02. The Balaban J connectivity index is 2.52. The number of rotatable bonds is 6. The van der Waals surface area contributed by atoms with Crippen molar-refractivity contribution in [2.24, 2.45) is 5.92 Å². The molecule has 1 aromatic carbocycles. The number of anilines is 1. The molecule has 0 heterocycles. The van der Waals surface area contributed by atoms with Crippen molar-refractivity contribution in [3.05, 3.63) is 24.3 Å². The maximum absolute atomic E-state index is 11.5. The van der Waals surface area contributed by atoms with E-state index in [0.29, 0.717) is 23.9 Å². The molecule has 0 spiro atoms. The quantitative estimate of drug-likeness (QED) is 0.823. The van der Waals surface area contributed by atoms with Crippen LogP contribution in [0, 0.1) is 5.92 Å². The Bertz CT molecular complexity index is 444. The standard InChI is InChI=1S/C14H20N2O3/c1-10(2)8-15-14(18)9-19-13-7-5-4-6-12(13)16-11(3)17/h4-7,10H,8-9H2,1-3H3,(H,15,18)(H,16,17). The molecule has 0 saturated heterocycles. The number of benzene rings is 1. The summed E-state index contributed by atoms with van der Waals surface area (Å²) in [6, 6.07) is 7.01. The molecule has 0 radical (unpaired) electrons. The van der Waals surface area contributed by atoms with Crippen LogP contribution >= 0.6 is 0 Å². The summed E-state index contributed by atoms with van der Waals surface area (Å²) < 4.78 is 5.41. The van der Waals surface area contributed by atoms with E-state index < -0.39 is 0 Å². The van der Waals surface area contributed by atoms with Gasteiger partial charge in [-0.3, -0.25) is 9.59 Å². The first-order valence-corrected chi connectivity index (χ1v) is 6.25. The van der Waals surface area contributed by atoms with Crippen LogP contribution in [0.4, 0.5) is 5.69 Å². The van der Waals surface area contributed by atoms with Crippen molar-refractivity contribution < 1.29 is 14.3 Å². The Labute approximate surface area is 113 Å². The van der Waals surface area contributed by atoms with Gasteiger partial charge in [0.2, 0.25) is 5.91 Å². The van der Waals surface area contributed by atoms with Crippen LogP contribution in [-0.4, -0.2) is 25.0 Å². The fourth-order valence-corrected chi connectivity index (χ4v) is 1.40. The highest BCUT2D eigenvalue weighted by molar-refractivity contribution is 5.90. The molecule has 0 atom stereocenters. The van der Waals surface area contributed by atoms with Crippen molar-refractivity contribution in [1.82, 2.24) is 5.32 Å². The Morgan fingerprint density at radius 3 is 2.58 bits per heavy atom. The molecule has 19 heavy (non-hydrogen) atoms. The number of carbonyl (C=O) groups excluding carboxylic acids is 2. The van der Waals surface area contributed by atoms with Crippen LogP contribution in [0.15, 0.2) is 24.3 Å². The largest absolute Gasteiger partial charge is 0.482 e. The molecule has 2 amide bonds. The van der Waals surface area contributed by atoms with Gasteiger partial charge in [0, 0.05) is 13.5 Å². The molecule has 104 valence electrons. The Hall–Kier alpha value is -2.04. The molecule has 1 rings (SSSR count). The van der Waals surface area contributed by atoms with Gasteiger partial charge in [0.15, 0.2) is 6.61 Å². The molecule has 0 aliphatic rings. The lowest BCUT2D eigenvalue weighted by atomic mass is 10.2. The predicted octanol–water partition coefficient (Wildman–Crippen LogP) is 1.80. The Morgan fingerprint density at radius 1 is 1.26 bits per heavy atom. The van der Waals surface area contributed by atoms with E-state index in [-0.39, 0.29) is 18.4 Å². The van der Waals surface area contributed by atoms with E-state index in [0.717, 1.165) is 0 Å². The van der Waals surface area contributed by atoms with E-state index >= 15 is 0 Å². The summed E-state index contributed by atoms with van der Waals surface area (Å²) in [5, 5.41) is 5.41. The van der Waals surface area contributed by atoms with Crippen molar-refractivity contribution in [2.45, 2.75) is 20.8 Å². The third-order valence-electron chi connectivity index (χ3n) is 2.26. The van der Waals surface area contributed by atoms with Gasteiger partial charge in [0.25, 0.3) is 5.91 Å². The van der Waals surface area contributed by atoms with Crippen molar-refractivity contribution in [3.63, 3.8) is 0 Å². The van der Waals surface area contributed by atoms with Gasteiger partial charge < -0.3 is 15.4 Å². The molecule has 0 bridgehead atoms. The minimum absolute atomic E-state index is 0.0662. The smallest absolute Gasteiger partial charge is 0.257 e. The van der Waals surface area contributed by atoms with Crippen LogP contribution in [0.5, 0.6) is 5.75 Å². The lowest BCUT2D eigenvalue weighted by Gasteiger charge is -2.12. The SMILES string of the molecule is CC(=O)Nc1ccccc1OCC(=O)NCC(C)C. The van der Waals surface area contributed by atoms with Crippen LogP contribution < -0.4 is 15.4 Å². The van der Waals surface area contributed by atoms with Crippen molar-refractivity contribution in [1.29, 1.82) is 0 Å². The van der Waals surface area contributed by atoms with Crippen LogP contribution in [0.3, 0.4) is 0 Å². The monoisotopic (exact) mass is 264 g/mol. The van der Waals surface area contributed by atoms with E-state index in [4.69, 9.17) is 4.74 Å². The fourth-order valence-electron chi connectivity index (χ4n) is 1.40. The molecule has 0 aliphatic heterocycles. The van der Waals surface area contributed by atoms with Gasteiger partial charge >= 0.3 is 0 Å². The maximum atomic E-state index is 11.5. The molecule has 0 aromatic heterocycles. The lowest BCUT2D eigenvalue weighted by molar-refractivity contribution is -0.123. The highest BCUT2D eigenvalue weighted by Crippen LogP contribution is 2.23. The van der Waals surface area contributed by atoms with Gasteiger partial charge in [0.05, 0.1) is 5.69 Å². The Morgan fingerprint density at radius 2 is 1.95 bits per heavy atom. The third-order valence-corrected chi connectivity index (χ3v) is 2.26. The molecular formula is C14H20N2O3. The number of amides is 2. The van der Waals surface area contributed by atoms with Gasteiger partial charge in [-0.1, -0.05) is 26.0 Å². The topological polar surface area (TPSA) is 67.4 Å². The zero-order chi connectivity index (χ0) is 14.3. The van der Waals surface area contributed by atoms with Crippen molar-refractivity contribution >= 4 is 17.5 Å². The molecule has 2 N–H and O–H groups in total. The summed E-state index contributed by atoms with van der Waals surface area (Å²) in [6.07, 6.45) is 0. The molecule has 5 nitrogen and oxygen atoms in total. The summed E-state index contributed by atoms with van der Waals surface area (Å²) >= 11 is 0. The van der Waals surface area contributed by atoms with E-state index in [1.165, 1.54) is 6.92 Å². The van der Waals surface area contributed by atoms with E-state index in [1.54, 1.807) is 24.3 Å². The first-order chi connectivity index (χ1) is 8.99. The van der Waals surface area contributed by atoms with Crippen LogP contribution in [0.25, 0.3) is 0 Å². The highest BCUT2D eigenvalue weighted by atomic mass is 16.5. The second-order valence-corrected chi connectivity index (χ2v) is 4.66. The zero-order valence-corrected chi connectivity index (χ0v) is 11.5. The van der Waals surface area contributed by atoms with E-state index in [9.17, 15) is 9.59 Å². The first-order valence-electron chi connectivity index (χ1n) is 6.25. The number of hydrogen-bond acceptors (Lipinski definition) is 3.